The third-order valence-corrected chi connectivity index (χ3v) is 10.9. The van der Waals surface area contributed by atoms with Crippen LogP contribution in [0.15, 0.2) is 134 Å². The Balaban J connectivity index is 1.26. The van der Waals surface area contributed by atoms with Crippen LogP contribution in [0.1, 0.15) is 19.3 Å². The molecule has 318 valence electrons. The highest BCUT2D eigenvalue weighted by atomic mass is 32.2. The molecule has 2 unspecified atom stereocenters. The zero-order valence-electron chi connectivity index (χ0n) is 33.5. The van der Waals surface area contributed by atoms with Gasteiger partial charge in [0, 0.05) is 40.8 Å². The molecule has 2 atom stereocenters. The van der Waals surface area contributed by atoms with E-state index in [0.29, 0.717) is 23.0 Å². The molecule has 4 aromatic carbocycles. The Morgan fingerprint density at radius 2 is 1.10 bits per heavy atom. The summed E-state index contributed by atoms with van der Waals surface area (Å²) < 4.78 is 28.8. The van der Waals surface area contributed by atoms with Gasteiger partial charge < -0.3 is 39.4 Å². The third kappa shape index (κ3) is 17.6. The van der Waals surface area contributed by atoms with E-state index in [1.165, 1.54) is 0 Å². The van der Waals surface area contributed by atoms with Gasteiger partial charge in [0.25, 0.3) is 0 Å². The molecule has 4 aromatic rings. The van der Waals surface area contributed by atoms with Gasteiger partial charge in [-0.3, -0.25) is 0 Å². The van der Waals surface area contributed by atoms with Gasteiger partial charge >= 0.3 is 24.1 Å². The summed E-state index contributed by atoms with van der Waals surface area (Å²) in [6.07, 6.45) is 0.472. The zero-order valence-corrected chi connectivity index (χ0v) is 35.1. The largest absolute Gasteiger partial charge is 0.489 e. The number of benzene rings is 4. The second-order valence-electron chi connectivity index (χ2n) is 13.1. The number of unbranched alkanes of at least 4 members (excludes halogenated alkanes) is 1. The number of alkyl carbamates (subject to hydrolysis) is 2. The number of hydrogen-bond donors (Lipinski definition) is 3. The summed E-state index contributed by atoms with van der Waals surface area (Å²) in [5.74, 6) is 2.23. The number of hydrogen-bond acceptors (Lipinski definition) is 11. The Kier molecular flexibility index (Phi) is 21.1. The first-order valence-corrected chi connectivity index (χ1v) is 21.8. The summed E-state index contributed by atoms with van der Waals surface area (Å²) in [5.41, 5.74) is 3.84. The number of carboxylic acid groups (broad SMARTS) is 1. The molecule has 0 bridgehead atoms. The van der Waals surface area contributed by atoms with Crippen molar-refractivity contribution in [2.45, 2.75) is 31.5 Å². The first-order chi connectivity index (χ1) is 29.2. The van der Waals surface area contributed by atoms with Gasteiger partial charge in [-0.15, -0.1) is 0 Å². The van der Waals surface area contributed by atoms with Crippen LogP contribution >= 0.6 is 23.5 Å². The van der Waals surface area contributed by atoms with Gasteiger partial charge in [0.15, 0.2) is 0 Å². The minimum Gasteiger partial charge on any atom is -0.489 e. The summed E-state index contributed by atoms with van der Waals surface area (Å²) >= 11 is 3.29. The highest BCUT2D eigenvalue weighted by Crippen LogP contribution is 2.31. The molecule has 14 heteroatoms. The summed E-state index contributed by atoms with van der Waals surface area (Å²) in [5, 5.41) is 14.3. The molecule has 0 aromatic heterocycles. The molecule has 0 aliphatic carbocycles. The van der Waals surface area contributed by atoms with Crippen molar-refractivity contribution in [3.05, 3.63) is 134 Å². The minimum atomic E-state index is -1.11. The van der Waals surface area contributed by atoms with Crippen LogP contribution in [-0.4, -0.2) is 97.4 Å². The number of amides is 2. The molecular weight excluding hydrogens is 805 g/mol. The van der Waals surface area contributed by atoms with Crippen LogP contribution in [0.4, 0.5) is 9.59 Å². The average molecular weight is 857 g/mol. The number of carboxylic acids is 1. The smallest absolute Gasteiger partial charge is 0.407 e. The molecular formula is C46H52N2O10S2. The first kappa shape index (κ1) is 46.8. The van der Waals surface area contributed by atoms with E-state index in [4.69, 9.17) is 28.8 Å². The topological polar surface area (TPSA) is 159 Å². The lowest BCUT2D eigenvalue weighted by atomic mass is 10.1. The number of carbonyl (C=O) groups is 4. The van der Waals surface area contributed by atoms with Crippen molar-refractivity contribution < 1.29 is 48.0 Å². The summed E-state index contributed by atoms with van der Waals surface area (Å²) in [4.78, 5) is 47.8. The molecule has 0 aliphatic heterocycles. The lowest BCUT2D eigenvalue weighted by Crippen LogP contribution is -2.35. The number of nitrogens with one attached hydrogen (secondary N) is 2. The standard InChI is InChI=1S/C46H52N2O10S2/c1-3-43(49)54-27-26-48-46(53)58-38(31-56-42-23-13-11-21-40(42)36-18-8-5-9-19-36)33-60-29-15-14-28-59-32-37(57-45(52)47-25-24-34(2)44(50)51)30-55-41-22-12-10-20-39(41)35-16-6-4-7-17-35/h3-13,16-23,37-38H,1-2,14-15,24-33H2,(H,47,52)(H,48,53)(H,50,51). The second kappa shape index (κ2) is 27.0. The first-order valence-electron chi connectivity index (χ1n) is 19.5. The van der Waals surface area contributed by atoms with Crippen molar-refractivity contribution in [1.29, 1.82) is 0 Å². The van der Waals surface area contributed by atoms with Crippen LogP contribution in [0.5, 0.6) is 11.5 Å². The van der Waals surface area contributed by atoms with Gasteiger partial charge in [-0.1, -0.05) is 110 Å². The zero-order chi connectivity index (χ0) is 42.8. The van der Waals surface area contributed by atoms with Crippen molar-refractivity contribution in [3.63, 3.8) is 0 Å². The Labute approximate surface area is 360 Å². The Hall–Kier alpha value is -5.86. The molecule has 0 saturated carbocycles. The van der Waals surface area contributed by atoms with Gasteiger partial charge in [-0.25, -0.2) is 19.2 Å². The normalized spacial score (nSPS) is 11.6. The lowest BCUT2D eigenvalue weighted by Gasteiger charge is -2.20. The fourth-order valence-electron chi connectivity index (χ4n) is 5.51. The van der Waals surface area contributed by atoms with Crippen LogP contribution in [0, 0.1) is 0 Å². The number of rotatable bonds is 27. The number of esters is 1. The Bertz CT molecular complexity index is 1960. The predicted molar refractivity (Wildman–Crippen MR) is 238 cm³/mol. The van der Waals surface area contributed by atoms with E-state index in [1.807, 2.05) is 109 Å². The molecule has 0 aliphatic rings. The maximum Gasteiger partial charge on any atom is 0.407 e. The highest BCUT2D eigenvalue weighted by molar-refractivity contribution is 7.99. The highest BCUT2D eigenvalue weighted by Gasteiger charge is 2.19. The molecule has 0 saturated heterocycles. The summed E-state index contributed by atoms with van der Waals surface area (Å²) in [6.45, 7) is 7.25. The molecule has 0 heterocycles. The molecule has 4 rings (SSSR count). The van der Waals surface area contributed by atoms with Crippen LogP contribution in [0.2, 0.25) is 0 Å². The quantitative estimate of drug-likeness (QED) is 0.0227. The maximum absolute atomic E-state index is 12.7. The SMILES string of the molecule is C=CC(=O)OCCNC(=O)OC(COc1ccccc1-c1ccccc1)CSCCCCSCC(COc1ccccc1-c1ccccc1)OC(=O)NCCC(=C)C(=O)O. The summed E-state index contributed by atoms with van der Waals surface area (Å²) in [6, 6.07) is 35.1. The number of carbonyl (C=O) groups excluding carboxylic acids is 3. The fraction of sp³-hybridized carbons (Fsp3) is 0.304. The van der Waals surface area contributed by atoms with E-state index >= 15 is 0 Å². The van der Waals surface area contributed by atoms with E-state index in [-0.39, 0.29) is 44.9 Å². The van der Waals surface area contributed by atoms with Gasteiger partial charge in [0.2, 0.25) is 0 Å². The number of para-hydroxylation sites is 2. The van der Waals surface area contributed by atoms with Crippen molar-refractivity contribution in [2.24, 2.45) is 0 Å². The predicted octanol–water partition coefficient (Wildman–Crippen LogP) is 8.67. The van der Waals surface area contributed by atoms with E-state index in [2.05, 4.69) is 23.8 Å². The Morgan fingerprint density at radius 3 is 1.57 bits per heavy atom. The van der Waals surface area contributed by atoms with Gasteiger partial charge in [-0.2, -0.15) is 23.5 Å². The van der Waals surface area contributed by atoms with Gasteiger partial charge in [-0.05, 0) is 54.0 Å². The second-order valence-corrected chi connectivity index (χ2v) is 15.4. The van der Waals surface area contributed by atoms with Crippen LogP contribution in [0.3, 0.4) is 0 Å². The molecule has 2 amide bonds. The molecule has 60 heavy (non-hydrogen) atoms. The Morgan fingerprint density at radius 1 is 0.650 bits per heavy atom. The van der Waals surface area contributed by atoms with E-state index < -0.39 is 36.3 Å². The molecule has 0 radical (unpaired) electrons. The number of thioether (sulfide) groups is 2. The monoisotopic (exact) mass is 856 g/mol. The maximum atomic E-state index is 12.7. The molecule has 0 spiro atoms. The van der Waals surface area contributed by atoms with Crippen molar-refractivity contribution in [2.75, 3.05) is 55.9 Å². The van der Waals surface area contributed by atoms with E-state index in [0.717, 1.165) is 52.7 Å². The van der Waals surface area contributed by atoms with E-state index in [1.54, 1.807) is 23.5 Å². The van der Waals surface area contributed by atoms with Crippen LogP contribution in [0.25, 0.3) is 22.3 Å². The average Bonchev–Trinajstić information content (AvgIpc) is 3.27. The fourth-order valence-corrected chi connectivity index (χ4v) is 7.51. The van der Waals surface area contributed by atoms with Crippen LogP contribution in [-0.2, 0) is 23.8 Å². The van der Waals surface area contributed by atoms with Gasteiger partial charge in [0.05, 0.1) is 6.54 Å². The third-order valence-electron chi connectivity index (χ3n) is 8.56. The van der Waals surface area contributed by atoms with Crippen LogP contribution < -0.4 is 20.1 Å². The number of aliphatic carboxylic acids is 1. The molecule has 0 fully saturated rings. The van der Waals surface area contributed by atoms with Crippen molar-refractivity contribution in [3.8, 4) is 33.8 Å². The van der Waals surface area contributed by atoms with Crippen molar-refractivity contribution in [1.82, 2.24) is 10.6 Å². The molecule has 3 N–H and O–H groups in total. The summed E-state index contributed by atoms with van der Waals surface area (Å²) in [7, 11) is 0. The van der Waals surface area contributed by atoms with Gasteiger partial charge in [0.1, 0.15) is 43.5 Å². The minimum absolute atomic E-state index is 0.00592. The van der Waals surface area contributed by atoms with Crippen molar-refractivity contribution >= 4 is 47.6 Å². The van der Waals surface area contributed by atoms with E-state index in [9.17, 15) is 19.2 Å². The number of ether oxygens (including phenoxy) is 5. The lowest BCUT2D eigenvalue weighted by molar-refractivity contribution is -0.137. The molecule has 12 nitrogen and oxygen atoms in total.